The van der Waals surface area contributed by atoms with Crippen molar-refractivity contribution >= 4 is 28.7 Å². The zero-order chi connectivity index (χ0) is 35.4. The molecule has 1 aliphatic rings. The van der Waals surface area contributed by atoms with Crippen molar-refractivity contribution in [2.24, 2.45) is 5.92 Å². The van der Waals surface area contributed by atoms with Gasteiger partial charge in [-0.1, -0.05) is 36.4 Å². The highest BCUT2D eigenvalue weighted by atomic mass is 16.5. The Morgan fingerprint density at radius 2 is 1.78 bits per heavy atom. The van der Waals surface area contributed by atoms with E-state index in [2.05, 4.69) is 20.5 Å². The summed E-state index contributed by atoms with van der Waals surface area (Å²) in [6.45, 7) is 5.66. The number of ether oxygens (including phenoxy) is 3. The maximum Gasteiger partial charge on any atom is 0.305 e. The fourth-order valence-electron chi connectivity index (χ4n) is 6.35. The summed E-state index contributed by atoms with van der Waals surface area (Å²) in [6, 6.07) is 21.1. The minimum absolute atomic E-state index is 0.00182. The Kier molecular flexibility index (Phi) is 9.89. The topological polar surface area (TPSA) is 149 Å². The van der Waals surface area contributed by atoms with E-state index in [0.717, 1.165) is 16.5 Å². The largest absolute Gasteiger partial charge is 0.497 e. The van der Waals surface area contributed by atoms with Crippen molar-refractivity contribution in [2.75, 3.05) is 27.4 Å². The van der Waals surface area contributed by atoms with Gasteiger partial charge in [-0.05, 0) is 69.2 Å². The number of aromatic nitrogens is 3. The van der Waals surface area contributed by atoms with Crippen LogP contribution in [0.3, 0.4) is 0 Å². The highest BCUT2D eigenvalue weighted by Gasteiger charge is 2.45. The van der Waals surface area contributed by atoms with Gasteiger partial charge in [-0.25, -0.2) is 0 Å². The number of carbonyl (C=O) groups excluding carboxylic acids is 3. The number of H-pyrrole nitrogens is 1. The smallest absolute Gasteiger partial charge is 0.305 e. The molecule has 5 aromatic rings. The molecule has 3 heterocycles. The minimum atomic E-state index is -1.16. The summed E-state index contributed by atoms with van der Waals surface area (Å²) in [5.41, 5.74) is 2.40. The molecular formula is C38H41N5O7. The van der Waals surface area contributed by atoms with Gasteiger partial charge < -0.3 is 33.8 Å². The van der Waals surface area contributed by atoms with Gasteiger partial charge in [0.25, 0.3) is 0 Å². The molecular weight excluding hydrogens is 638 g/mol. The molecule has 0 radical (unpaired) electrons. The van der Waals surface area contributed by atoms with Crippen LogP contribution in [-0.4, -0.2) is 70.8 Å². The number of nitrogens with one attached hydrogen (secondary N) is 2. The van der Waals surface area contributed by atoms with E-state index in [9.17, 15) is 9.59 Å². The minimum Gasteiger partial charge on any atom is -0.497 e. The van der Waals surface area contributed by atoms with Crippen molar-refractivity contribution < 1.29 is 33.0 Å². The van der Waals surface area contributed by atoms with Crippen LogP contribution in [0.1, 0.15) is 56.2 Å². The Labute approximate surface area is 290 Å². The zero-order valence-electron chi connectivity index (χ0n) is 28.8. The zero-order valence-corrected chi connectivity index (χ0v) is 28.8. The number of fused-ring (bicyclic) bond motifs is 2. The fraction of sp³-hybridized carbons (Fsp3) is 0.342. The predicted molar refractivity (Wildman–Crippen MR) is 185 cm³/mol. The molecule has 0 unspecified atom stereocenters. The summed E-state index contributed by atoms with van der Waals surface area (Å²) >= 11 is 0. The van der Waals surface area contributed by atoms with E-state index in [1.165, 1.54) is 19.1 Å². The number of para-hydroxylation sites is 1. The number of amides is 2. The van der Waals surface area contributed by atoms with Crippen LogP contribution in [0.4, 0.5) is 0 Å². The first-order valence-electron chi connectivity index (χ1n) is 16.5. The quantitative estimate of drug-likeness (QED) is 0.190. The van der Waals surface area contributed by atoms with E-state index >= 15 is 4.79 Å². The number of hydrogen-bond acceptors (Lipinski definition) is 9. The summed E-state index contributed by atoms with van der Waals surface area (Å²) in [6.07, 6.45) is 2.14. The van der Waals surface area contributed by atoms with Crippen molar-refractivity contribution in [3.63, 3.8) is 0 Å². The van der Waals surface area contributed by atoms with E-state index in [0.29, 0.717) is 29.0 Å². The van der Waals surface area contributed by atoms with Crippen molar-refractivity contribution in [1.29, 1.82) is 0 Å². The number of benzene rings is 3. The number of aromatic amines is 1. The van der Waals surface area contributed by atoms with Gasteiger partial charge in [0.1, 0.15) is 23.5 Å². The van der Waals surface area contributed by atoms with E-state index < -0.39 is 41.2 Å². The molecule has 0 saturated heterocycles. The average Bonchev–Trinajstić information content (AvgIpc) is 3.76. The Hall–Kier alpha value is -5.65. The third-order valence-corrected chi connectivity index (χ3v) is 8.72. The SMILES string of the molecule is COC(=O)C[C@@H]1COc2ccc(OC)cc2[C@H](C(=O)NC(C)(C)C)N(CCc2c[nH]c3ccccc23)C(=O)[C@@H]1c1nnc(-c2ccccc2)o1. The maximum absolute atomic E-state index is 15.3. The Balaban J connectivity index is 1.53. The van der Waals surface area contributed by atoms with Crippen LogP contribution in [0.25, 0.3) is 22.4 Å². The Morgan fingerprint density at radius 3 is 2.52 bits per heavy atom. The van der Waals surface area contributed by atoms with Crippen molar-refractivity contribution in [1.82, 2.24) is 25.4 Å². The summed E-state index contributed by atoms with van der Waals surface area (Å²) < 4.78 is 23.2. The molecule has 260 valence electrons. The summed E-state index contributed by atoms with van der Waals surface area (Å²) in [5.74, 6) is -2.32. The highest BCUT2D eigenvalue weighted by molar-refractivity contribution is 5.93. The van der Waals surface area contributed by atoms with E-state index in [4.69, 9.17) is 18.6 Å². The van der Waals surface area contributed by atoms with Crippen LogP contribution in [0, 0.1) is 5.92 Å². The number of hydrogen-bond donors (Lipinski definition) is 2. The number of esters is 1. The number of rotatable bonds is 9. The van der Waals surface area contributed by atoms with E-state index in [1.54, 1.807) is 18.2 Å². The second-order valence-electron chi connectivity index (χ2n) is 13.3. The molecule has 12 nitrogen and oxygen atoms in total. The second kappa shape index (κ2) is 14.5. The van der Waals surface area contributed by atoms with Crippen LogP contribution < -0.4 is 14.8 Å². The van der Waals surface area contributed by atoms with Gasteiger partial charge in [0.05, 0.1) is 27.2 Å². The lowest BCUT2D eigenvalue weighted by atomic mass is 9.87. The second-order valence-corrected chi connectivity index (χ2v) is 13.3. The van der Waals surface area contributed by atoms with Gasteiger partial charge in [0.15, 0.2) is 0 Å². The molecule has 3 aromatic carbocycles. The normalized spacial score (nSPS) is 18.0. The summed E-state index contributed by atoms with van der Waals surface area (Å²) in [4.78, 5) is 47.5. The first-order valence-corrected chi connectivity index (χ1v) is 16.5. The first-order chi connectivity index (χ1) is 24.1. The molecule has 2 amide bonds. The first kappa shape index (κ1) is 34.2. The number of nitrogens with zero attached hydrogens (tertiary/aromatic N) is 3. The van der Waals surface area contributed by atoms with E-state index in [-0.39, 0.29) is 31.4 Å². The highest BCUT2D eigenvalue weighted by Crippen LogP contribution is 2.41. The van der Waals surface area contributed by atoms with Gasteiger partial charge in [-0.3, -0.25) is 14.4 Å². The molecule has 2 N–H and O–H groups in total. The van der Waals surface area contributed by atoms with Crippen LogP contribution in [-0.2, 0) is 25.5 Å². The van der Waals surface area contributed by atoms with Gasteiger partial charge in [-0.2, -0.15) is 0 Å². The van der Waals surface area contributed by atoms with Gasteiger partial charge >= 0.3 is 5.97 Å². The van der Waals surface area contributed by atoms with Crippen LogP contribution in [0.15, 0.2) is 83.4 Å². The monoisotopic (exact) mass is 679 g/mol. The van der Waals surface area contributed by atoms with Crippen molar-refractivity contribution in [3.05, 3.63) is 96.0 Å². The lowest BCUT2D eigenvalue weighted by molar-refractivity contribution is -0.146. The summed E-state index contributed by atoms with van der Waals surface area (Å²) in [7, 11) is 2.82. The van der Waals surface area contributed by atoms with Gasteiger partial charge in [0.2, 0.25) is 23.6 Å². The summed E-state index contributed by atoms with van der Waals surface area (Å²) in [5, 5.41) is 12.7. The number of carbonyl (C=O) groups is 3. The average molecular weight is 680 g/mol. The maximum atomic E-state index is 15.3. The van der Waals surface area contributed by atoms with Crippen LogP contribution in [0.2, 0.25) is 0 Å². The molecule has 0 bridgehead atoms. The predicted octanol–water partition coefficient (Wildman–Crippen LogP) is 5.61. The molecule has 0 saturated carbocycles. The third-order valence-electron chi connectivity index (χ3n) is 8.72. The Bertz CT molecular complexity index is 1980. The lowest BCUT2D eigenvalue weighted by Gasteiger charge is -2.35. The van der Waals surface area contributed by atoms with Crippen LogP contribution >= 0.6 is 0 Å². The van der Waals surface area contributed by atoms with Crippen molar-refractivity contribution in [3.8, 4) is 23.0 Å². The molecule has 50 heavy (non-hydrogen) atoms. The fourth-order valence-corrected chi connectivity index (χ4v) is 6.35. The molecule has 0 spiro atoms. The Morgan fingerprint density at radius 1 is 1.02 bits per heavy atom. The van der Waals surface area contributed by atoms with Gasteiger partial charge in [0, 0.05) is 46.2 Å². The molecule has 12 heteroatoms. The van der Waals surface area contributed by atoms with E-state index in [1.807, 2.05) is 81.6 Å². The lowest BCUT2D eigenvalue weighted by Crippen LogP contribution is -2.51. The molecule has 0 fully saturated rings. The van der Waals surface area contributed by atoms with Crippen LogP contribution in [0.5, 0.6) is 11.5 Å². The molecule has 6 rings (SSSR count). The third kappa shape index (κ3) is 7.34. The molecule has 3 atom stereocenters. The molecule has 0 aliphatic carbocycles. The van der Waals surface area contributed by atoms with Gasteiger partial charge in [-0.15, -0.1) is 10.2 Å². The number of methoxy groups -OCH3 is 2. The standard InChI is InChI=1S/C38H41N5O7/c1-38(2,3)40-34(45)33-28-20-26(47-4)15-16-30(28)49-22-25(19-31(44)48-5)32(36-42-41-35(50-36)23-11-7-6-8-12-23)37(46)43(33)18-17-24-21-39-29-14-10-9-13-27(24)29/h6-16,20-21,25,32-33,39H,17-19,22H2,1-5H3,(H,40,45)/t25-,32+,33-/m1/s1. The molecule has 2 aromatic heterocycles. The molecule has 1 aliphatic heterocycles. The van der Waals surface area contributed by atoms with Crippen molar-refractivity contribution in [2.45, 2.75) is 51.1 Å².